The molecule has 1 aliphatic heterocycles. The smallest absolute Gasteiger partial charge is 0.314 e. The third-order valence-corrected chi connectivity index (χ3v) is 4.49. The van der Waals surface area contributed by atoms with Crippen molar-refractivity contribution < 1.29 is 0 Å². The highest BCUT2D eigenvalue weighted by atomic mass is 16.2. The van der Waals surface area contributed by atoms with E-state index >= 15 is 0 Å². The van der Waals surface area contributed by atoms with E-state index in [2.05, 4.69) is 19.9 Å². The molecule has 26 heavy (non-hydrogen) atoms. The SMILES string of the molecule is O=c1[nH]cc(CN2CCc3nc(-c4ccccc4)[nH]c(=O)c3C2)c(=O)[nH]1. The van der Waals surface area contributed by atoms with E-state index in [4.69, 9.17) is 0 Å². The molecule has 3 aromatic rings. The summed E-state index contributed by atoms with van der Waals surface area (Å²) in [5.41, 5.74) is 1.64. The van der Waals surface area contributed by atoms with Crippen LogP contribution in [0.4, 0.5) is 0 Å². The van der Waals surface area contributed by atoms with Crippen LogP contribution in [0.1, 0.15) is 16.8 Å². The van der Waals surface area contributed by atoms with E-state index in [1.807, 2.05) is 35.2 Å². The number of hydrogen-bond acceptors (Lipinski definition) is 5. The van der Waals surface area contributed by atoms with Crippen molar-refractivity contribution in [1.82, 2.24) is 24.8 Å². The monoisotopic (exact) mass is 351 g/mol. The zero-order chi connectivity index (χ0) is 18.1. The average molecular weight is 351 g/mol. The quantitative estimate of drug-likeness (QED) is 0.631. The number of aromatic nitrogens is 4. The molecule has 8 nitrogen and oxygen atoms in total. The summed E-state index contributed by atoms with van der Waals surface area (Å²) in [6.07, 6.45) is 2.04. The summed E-state index contributed by atoms with van der Waals surface area (Å²) >= 11 is 0. The molecule has 8 heteroatoms. The second-order valence-electron chi connectivity index (χ2n) is 6.26. The molecule has 0 atom stereocenters. The lowest BCUT2D eigenvalue weighted by Crippen LogP contribution is -2.37. The molecule has 1 aromatic carbocycles. The second kappa shape index (κ2) is 6.57. The molecule has 0 aliphatic carbocycles. The molecule has 0 unspecified atom stereocenters. The van der Waals surface area contributed by atoms with E-state index in [9.17, 15) is 14.4 Å². The van der Waals surface area contributed by atoms with Gasteiger partial charge in [0.25, 0.3) is 11.1 Å². The fraction of sp³-hybridized carbons (Fsp3) is 0.222. The number of fused-ring (bicyclic) bond motifs is 1. The Balaban J connectivity index is 1.60. The minimum Gasteiger partial charge on any atom is -0.314 e. The summed E-state index contributed by atoms with van der Waals surface area (Å²) in [5, 5.41) is 0. The Morgan fingerprint density at radius 3 is 2.62 bits per heavy atom. The highest BCUT2D eigenvalue weighted by molar-refractivity contribution is 5.54. The van der Waals surface area contributed by atoms with Gasteiger partial charge in [0.1, 0.15) is 5.82 Å². The van der Waals surface area contributed by atoms with Crippen molar-refractivity contribution >= 4 is 0 Å². The van der Waals surface area contributed by atoms with E-state index < -0.39 is 11.2 Å². The number of hydrogen-bond donors (Lipinski definition) is 3. The van der Waals surface area contributed by atoms with E-state index in [1.54, 1.807) is 0 Å². The minimum absolute atomic E-state index is 0.158. The van der Waals surface area contributed by atoms with Gasteiger partial charge in [-0.15, -0.1) is 0 Å². The lowest BCUT2D eigenvalue weighted by atomic mass is 10.1. The molecule has 0 radical (unpaired) electrons. The molecule has 1 aliphatic rings. The summed E-state index contributed by atoms with van der Waals surface area (Å²) in [6.45, 7) is 1.44. The Labute approximate surface area is 147 Å². The Hall–Kier alpha value is -3.26. The summed E-state index contributed by atoms with van der Waals surface area (Å²) in [5.74, 6) is 0.569. The van der Waals surface area contributed by atoms with Crippen molar-refractivity contribution in [2.45, 2.75) is 19.5 Å². The zero-order valence-electron chi connectivity index (χ0n) is 13.9. The first-order chi connectivity index (χ1) is 12.6. The molecular formula is C18H17N5O3. The molecule has 0 bridgehead atoms. The van der Waals surface area contributed by atoms with Crippen LogP contribution in [0.15, 0.2) is 50.9 Å². The molecule has 0 saturated carbocycles. The number of nitrogens with one attached hydrogen (secondary N) is 3. The predicted molar refractivity (Wildman–Crippen MR) is 95.8 cm³/mol. The first-order valence-corrected chi connectivity index (χ1v) is 8.31. The number of nitrogens with zero attached hydrogens (tertiary/aromatic N) is 2. The van der Waals surface area contributed by atoms with Crippen LogP contribution in [0, 0.1) is 0 Å². The van der Waals surface area contributed by atoms with Crippen molar-refractivity contribution in [3.8, 4) is 11.4 Å². The topological polar surface area (TPSA) is 115 Å². The van der Waals surface area contributed by atoms with Gasteiger partial charge in [0, 0.05) is 43.4 Å². The Morgan fingerprint density at radius 2 is 1.85 bits per heavy atom. The van der Waals surface area contributed by atoms with Gasteiger partial charge in [-0.1, -0.05) is 30.3 Å². The van der Waals surface area contributed by atoms with Gasteiger partial charge in [-0.3, -0.25) is 19.5 Å². The van der Waals surface area contributed by atoms with Crippen LogP contribution in [-0.2, 0) is 19.5 Å². The summed E-state index contributed by atoms with van der Waals surface area (Å²) in [4.78, 5) is 49.6. The molecular weight excluding hydrogens is 334 g/mol. The molecule has 4 rings (SSSR count). The molecule has 3 heterocycles. The number of rotatable bonds is 3. The van der Waals surface area contributed by atoms with Crippen LogP contribution in [0.3, 0.4) is 0 Å². The summed E-state index contributed by atoms with van der Waals surface area (Å²) < 4.78 is 0. The van der Waals surface area contributed by atoms with Crippen LogP contribution in [0.2, 0.25) is 0 Å². The number of benzene rings is 1. The van der Waals surface area contributed by atoms with E-state index in [1.165, 1.54) is 6.20 Å². The second-order valence-corrected chi connectivity index (χ2v) is 6.26. The van der Waals surface area contributed by atoms with Crippen LogP contribution in [-0.4, -0.2) is 31.4 Å². The normalized spacial score (nSPS) is 14.2. The molecule has 0 saturated heterocycles. The maximum Gasteiger partial charge on any atom is 0.325 e. The van der Waals surface area contributed by atoms with Crippen LogP contribution >= 0.6 is 0 Å². The van der Waals surface area contributed by atoms with Crippen molar-refractivity contribution in [2.75, 3.05) is 6.54 Å². The molecule has 2 aromatic heterocycles. The minimum atomic E-state index is -0.531. The Morgan fingerprint density at radius 1 is 1.04 bits per heavy atom. The maximum atomic E-state index is 12.5. The van der Waals surface area contributed by atoms with Gasteiger partial charge in [0.2, 0.25) is 0 Å². The Kier molecular flexibility index (Phi) is 4.10. The van der Waals surface area contributed by atoms with E-state index in [0.717, 1.165) is 11.3 Å². The van der Waals surface area contributed by atoms with Crippen LogP contribution in [0.25, 0.3) is 11.4 Å². The van der Waals surface area contributed by atoms with Crippen molar-refractivity contribution in [2.24, 2.45) is 0 Å². The molecule has 3 N–H and O–H groups in total. The third-order valence-electron chi connectivity index (χ3n) is 4.49. The van der Waals surface area contributed by atoms with E-state index in [0.29, 0.717) is 43.0 Å². The van der Waals surface area contributed by atoms with Crippen LogP contribution < -0.4 is 16.8 Å². The van der Waals surface area contributed by atoms with Gasteiger partial charge < -0.3 is 9.97 Å². The van der Waals surface area contributed by atoms with Gasteiger partial charge in [-0.05, 0) is 0 Å². The van der Waals surface area contributed by atoms with Crippen LogP contribution in [0.5, 0.6) is 0 Å². The van der Waals surface area contributed by atoms with Crippen molar-refractivity contribution in [1.29, 1.82) is 0 Å². The summed E-state index contributed by atoms with van der Waals surface area (Å²) in [6, 6.07) is 9.53. The van der Waals surface area contributed by atoms with Gasteiger partial charge in [0.15, 0.2) is 0 Å². The average Bonchev–Trinajstić information content (AvgIpc) is 2.65. The fourth-order valence-corrected chi connectivity index (χ4v) is 3.14. The van der Waals surface area contributed by atoms with Crippen molar-refractivity contribution in [3.05, 3.63) is 84.5 Å². The molecule has 0 fully saturated rings. The van der Waals surface area contributed by atoms with Gasteiger partial charge in [-0.2, -0.15) is 0 Å². The maximum absolute atomic E-state index is 12.5. The number of H-pyrrole nitrogens is 3. The Bertz CT molecular complexity index is 1110. The molecule has 0 amide bonds. The lowest BCUT2D eigenvalue weighted by molar-refractivity contribution is 0.240. The molecule has 132 valence electrons. The highest BCUT2D eigenvalue weighted by Crippen LogP contribution is 2.19. The number of aromatic amines is 3. The fourth-order valence-electron chi connectivity index (χ4n) is 3.14. The highest BCUT2D eigenvalue weighted by Gasteiger charge is 2.22. The molecule has 0 spiro atoms. The lowest BCUT2D eigenvalue weighted by Gasteiger charge is -2.27. The predicted octanol–water partition coefficient (Wildman–Crippen LogP) is 0.372. The zero-order valence-corrected chi connectivity index (χ0v) is 13.9. The van der Waals surface area contributed by atoms with Gasteiger partial charge >= 0.3 is 5.69 Å². The van der Waals surface area contributed by atoms with Gasteiger partial charge in [0.05, 0.1) is 11.3 Å². The third kappa shape index (κ3) is 3.14. The van der Waals surface area contributed by atoms with E-state index in [-0.39, 0.29) is 5.56 Å². The van der Waals surface area contributed by atoms with Crippen molar-refractivity contribution in [3.63, 3.8) is 0 Å². The largest absolute Gasteiger partial charge is 0.325 e. The first-order valence-electron chi connectivity index (χ1n) is 8.31. The standard InChI is InChI=1S/C18H17N5O3/c24-16-12(8-19-18(26)22-16)9-23-7-6-14-13(10-23)17(25)21-15(20-14)11-4-2-1-3-5-11/h1-5,8H,6-7,9-10H2,(H,20,21,25)(H2,19,22,24,26). The first kappa shape index (κ1) is 16.2. The summed E-state index contributed by atoms with van der Waals surface area (Å²) in [7, 11) is 0. The van der Waals surface area contributed by atoms with Gasteiger partial charge in [-0.25, -0.2) is 9.78 Å².